The first-order chi connectivity index (χ1) is 14.1. The molecule has 1 rings (SSSR count). The second-order valence-electron chi connectivity index (χ2n) is 7.57. The first-order valence-corrected chi connectivity index (χ1v) is 13.0. The van der Waals surface area contributed by atoms with E-state index in [0.717, 1.165) is 19.3 Å². The number of aliphatic imine (C=N–C) groups is 1. The molecule has 0 unspecified atom stereocenters. The molecular weight excluding hydrogens is 402 g/mol. The van der Waals surface area contributed by atoms with E-state index < -0.39 is 10.1 Å². The summed E-state index contributed by atoms with van der Waals surface area (Å²) in [5, 5.41) is 2.25. The average Bonchev–Trinajstić information content (AvgIpc) is 2.71. The molecule has 4 nitrogen and oxygen atoms in total. The SMILES string of the molecule is CCCCCCCCCCCCCCCCOS(=O)(=O)c1ccc(N=C=S)cc1. The van der Waals surface area contributed by atoms with Crippen molar-refractivity contribution in [3.63, 3.8) is 0 Å². The van der Waals surface area contributed by atoms with E-state index in [2.05, 4.69) is 29.3 Å². The topological polar surface area (TPSA) is 55.7 Å². The van der Waals surface area contributed by atoms with Crippen LogP contribution in [-0.2, 0) is 14.3 Å². The molecule has 0 saturated carbocycles. The van der Waals surface area contributed by atoms with Crippen molar-refractivity contribution in [3.05, 3.63) is 24.3 Å². The predicted molar refractivity (Wildman–Crippen MR) is 125 cm³/mol. The Morgan fingerprint density at radius 2 is 1.24 bits per heavy atom. The van der Waals surface area contributed by atoms with Crippen LogP contribution < -0.4 is 0 Å². The quantitative estimate of drug-likeness (QED) is 0.102. The molecule has 29 heavy (non-hydrogen) atoms. The molecule has 0 bridgehead atoms. The van der Waals surface area contributed by atoms with Crippen LogP contribution in [-0.4, -0.2) is 20.2 Å². The Labute approximate surface area is 183 Å². The summed E-state index contributed by atoms with van der Waals surface area (Å²) < 4.78 is 29.4. The lowest BCUT2D eigenvalue weighted by molar-refractivity contribution is 0.306. The standard InChI is InChI=1S/C23H37NO3S2/c1-2-3-4-5-6-7-8-9-10-11-12-13-14-15-20-27-29(25,26)23-18-16-22(17-19-23)24-21-28/h16-19H,2-15,20H2,1H3. The van der Waals surface area contributed by atoms with E-state index in [-0.39, 0.29) is 11.5 Å². The molecule has 0 fully saturated rings. The Hall–Kier alpha value is -1.07. The summed E-state index contributed by atoms with van der Waals surface area (Å²) in [6.45, 7) is 2.50. The van der Waals surface area contributed by atoms with Gasteiger partial charge in [-0.15, -0.1) is 0 Å². The fraction of sp³-hybridized carbons (Fsp3) is 0.696. The van der Waals surface area contributed by atoms with Gasteiger partial charge in [-0.2, -0.15) is 13.4 Å². The van der Waals surface area contributed by atoms with E-state index in [1.807, 2.05) is 0 Å². The molecule has 0 spiro atoms. The Kier molecular flexibility index (Phi) is 15.0. The fourth-order valence-electron chi connectivity index (χ4n) is 3.27. The fourth-order valence-corrected chi connectivity index (χ4v) is 4.32. The first-order valence-electron chi connectivity index (χ1n) is 11.2. The normalized spacial score (nSPS) is 11.3. The van der Waals surface area contributed by atoms with Crippen LogP contribution in [0.3, 0.4) is 0 Å². The highest BCUT2D eigenvalue weighted by molar-refractivity contribution is 7.86. The lowest BCUT2D eigenvalue weighted by Crippen LogP contribution is -2.07. The van der Waals surface area contributed by atoms with E-state index in [4.69, 9.17) is 4.18 Å². The van der Waals surface area contributed by atoms with Crippen LogP contribution in [0.15, 0.2) is 34.2 Å². The Bertz CT molecular complexity index is 681. The summed E-state index contributed by atoms with van der Waals surface area (Å²) in [7, 11) is -3.70. The van der Waals surface area contributed by atoms with Crippen molar-refractivity contribution in [2.24, 2.45) is 4.99 Å². The molecule has 6 heteroatoms. The maximum atomic E-state index is 12.1. The summed E-state index contributed by atoms with van der Waals surface area (Å²) in [6, 6.07) is 6.13. The minimum Gasteiger partial charge on any atom is -0.266 e. The zero-order chi connectivity index (χ0) is 21.2. The van der Waals surface area contributed by atoms with E-state index in [9.17, 15) is 8.42 Å². The van der Waals surface area contributed by atoms with Crippen molar-refractivity contribution in [2.75, 3.05) is 6.61 Å². The van der Waals surface area contributed by atoms with Crippen molar-refractivity contribution in [1.29, 1.82) is 0 Å². The van der Waals surface area contributed by atoms with Crippen LogP contribution >= 0.6 is 12.2 Å². The number of isothiocyanates is 1. The summed E-state index contributed by atoms with van der Waals surface area (Å²) >= 11 is 4.53. The van der Waals surface area contributed by atoms with Gasteiger partial charge in [0.1, 0.15) is 0 Å². The van der Waals surface area contributed by atoms with E-state index >= 15 is 0 Å². The molecule has 0 radical (unpaired) electrons. The minimum absolute atomic E-state index is 0.145. The molecular formula is C23H37NO3S2. The summed E-state index contributed by atoms with van der Waals surface area (Å²) in [5.41, 5.74) is 0.575. The zero-order valence-corrected chi connectivity index (χ0v) is 19.5. The van der Waals surface area contributed by atoms with Gasteiger partial charge in [0.05, 0.1) is 22.4 Å². The highest BCUT2D eigenvalue weighted by atomic mass is 32.2. The highest BCUT2D eigenvalue weighted by Gasteiger charge is 2.14. The molecule has 0 atom stereocenters. The second-order valence-corrected chi connectivity index (χ2v) is 9.37. The maximum absolute atomic E-state index is 12.1. The van der Waals surface area contributed by atoms with E-state index in [1.54, 1.807) is 12.1 Å². The third kappa shape index (κ3) is 13.0. The monoisotopic (exact) mass is 439 g/mol. The number of thiocarbonyl (C=S) groups is 1. The van der Waals surface area contributed by atoms with Gasteiger partial charge in [0.25, 0.3) is 10.1 Å². The molecule has 1 aromatic rings. The van der Waals surface area contributed by atoms with E-state index in [0.29, 0.717) is 5.69 Å². The maximum Gasteiger partial charge on any atom is 0.296 e. The Balaban J connectivity index is 1.99. The van der Waals surface area contributed by atoms with Gasteiger partial charge >= 0.3 is 0 Å². The lowest BCUT2D eigenvalue weighted by atomic mass is 10.0. The van der Waals surface area contributed by atoms with Crippen LogP contribution in [0, 0.1) is 0 Å². The number of rotatable bonds is 18. The van der Waals surface area contributed by atoms with Gasteiger partial charge in [-0.25, -0.2) is 0 Å². The van der Waals surface area contributed by atoms with Gasteiger partial charge in [-0.3, -0.25) is 4.18 Å². The second kappa shape index (κ2) is 16.7. The largest absolute Gasteiger partial charge is 0.296 e. The van der Waals surface area contributed by atoms with Crippen molar-refractivity contribution >= 4 is 33.2 Å². The molecule has 0 aromatic heterocycles. The van der Waals surface area contributed by atoms with Crippen LogP contribution in [0.2, 0.25) is 0 Å². The van der Waals surface area contributed by atoms with Crippen molar-refractivity contribution in [2.45, 2.75) is 102 Å². The molecule has 1 aromatic carbocycles. The third-order valence-corrected chi connectivity index (χ3v) is 6.45. The summed E-state index contributed by atoms with van der Waals surface area (Å²) in [6.07, 6.45) is 17.8. The molecule has 0 saturated heterocycles. The number of hydrogen-bond donors (Lipinski definition) is 0. The molecule has 0 aliphatic carbocycles. The third-order valence-electron chi connectivity index (χ3n) is 5.04. The molecule has 0 aliphatic rings. The molecule has 0 aliphatic heterocycles. The summed E-state index contributed by atoms with van der Waals surface area (Å²) in [4.78, 5) is 3.95. The van der Waals surface area contributed by atoms with Crippen molar-refractivity contribution in [3.8, 4) is 0 Å². The van der Waals surface area contributed by atoms with Crippen LogP contribution in [0.4, 0.5) is 5.69 Å². The number of benzene rings is 1. The molecule has 0 amide bonds. The van der Waals surface area contributed by atoms with Gasteiger partial charge in [-0.05, 0) is 42.9 Å². The Morgan fingerprint density at radius 3 is 1.69 bits per heavy atom. The predicted octanol–water partition coefficient (Wildman–Crippen LogP) is 7.61. The van der Waals surface area contributed by atoms with Crippen LogP contribution in [0.5, 0.6) is 0 Å². The molecule has 0 heterocycles. The smallest absolute Gasteiger partial charge is 0.266 e. The number of nitrogens with zero attached hydrogens (tertiary/aromatic N) is 1. The zero-order valence-electron chi connectivity index (χ0n) is 17.9. The van der Waals surface area contributed by atoms with Crippen molar-refractivity contribution < 1.29 is 12.6 Å². The van der Waals surface area contributed by atoms with Crippen molar-refractivity contribution in [1.82, 2.24) is 0 Å². The van der Waals surface area contributed by atoms with Gasteiger partial charge in [-0.1, -0.05) is 90.4 Å². The van der Waals surface area contributed by atoms with E-state index in [1.165, 1.54) is 82.8 Å². The summed E-state index contributed by atoms with van der Waals surface area (Å²) in [5.74, 6) is 0. The number of unbranched alkanes of at least 4 members (excludes halogenated alkanes) is 13. The highest BCUT2D eigenvalue weighted by Crippen LogP contribution is 2.18. The molecule has 164 valence electrons. The van der Waals surface area contributed by atoms with Gasteiger partial charge in [0.2, 0.25) is 0 Å². The number of hydrogen-bond acceptors (Lipinski definition) is 5. The average molecular weight is 440 g/mol. The van der Waals surface area contributed by atoms with Crippen LogP contribution in [0.1, 0.15) is 96.8 Å². The van der Waals surface area contributed by atoms with Gasteiger partial charge in [0, 0.05) is 0 Å². The minimum atomic E-state index is -3.70. The van der Waals surface area contributed by atoms with Gasteiger partial charge in [0.15, 0.2) is 0 Å². The molecule has 0 N–H and O–H groups in total. The first kappa shape index (κ1) is 26.0. The van der Waals surface area contributed by atoms with Gasteiger partial charge < -0.3 is 0 Å². The van der Waals surface area contributed by atoms with Crippen LogP contribution in [0.25, 0.3) is 0 Å². The Morgan fingerprint density at radius 1 is 0.793 bits per heavy atom. The lowest BCUT2D eigenvalue weighted by Gasteiger charge is -2.06.